The molecular weight excluding hydrogens is 305 g/mol. The quantitative estimate of drug-likeness (QED) is 0.878. The minimum atomic E-state index is -0.215. The standard InChI is InChI=1S/C12H11BrClNO2/c1-17-11(16)5-3-8-9-6-7(14)2-4-10(9)15-12(8)13/h2,4,6,15H,3,5H2,1H3. The van der Waals surface area contributed by atoms with E-state index >= 15 is 0 Å². The van der Waals surface area contributed by atoms with E-state index in [1.54, 1.807) is 0 Å². The Hall–Kier alpha value is -1.00. The van der Waals surface area contributed by atoms with E-state index < -0.39 is 0 Å². The molecule has 1 N–H and O–H groups in total. The summed E-state index contributed by atoms with van der Waals surface area (Å²) in [7, 11) is 1.39. The van der Waals surface area contributed by atoms with Gasteiger partial charge in [-0.1, -0.05) is 11.6 Å². The Morgan fingerprint density at radius 1 is 1.53 bits per heavy atom. The van der Waals surface area contributed by atoms with Gasteiger partial charge in [-0.25, -0.2) is 0 Å². The van der Waals surface area contributed by atoms with Crippen molar-refractivity contribution in [1.29, 1.82) is 0 Å². The van der Waals surface area contributed by atoms with Crippen LogP contribution in [0.15, 0.2) is 22.8 Å². The van der Waals surface area contributed by atoms with Crippen LogP contribution in [0.1, 0.15) is 12.0 Å². The van der Waals surface area contributed by atoms with E-state index in [0.29, 0.717) is 17.9 Å². The summed E-state index contributed by atoms with van der Waals surface area (Å²) >= 11 is 9.42. The van der Waals surface area contributed by atoms with Crippen molar-refractivity contribution in [2.45, 2.75) is 12.8 Å². The van der Waals surface area contributed by atoms with Crippen molar-refractivity contribution >= 4 is 44.4 Å². The van der Waals surface area contributed by atoms with Crippen molar-refractivity contribution in [2.75, 3.05) is 7.11 Å². The van der Waals surface area contributed by atoms with Gasteiger partial charge in [0.15, 0.2) is 0 Å². The number of hydrogen-bond acceptors (Lipinski definition) is 2. The van der Waals surface area contributed by atoms with E-state index in [2.05, 4.69) is 25.7 Å². The second-order valence-electron chi connectivity index (χ2n) is 3.68. The van der Waals surface area contributed by atoms with Crippen LogP contribution in [0.4, 0.5) is 0 Å². The normalized spacial score (nSPS) is 10.8. The van der Waals surface area contributed by atoms with Crippen LogP contribution in [0.25, 0.3) is 10.9 Å². The van der Waals surface area contributed by atoms with Crippen LogP contribution in [0.2, 0.25) is 5.02 Å². The van der Waals surface area contributed by atoms with Gasteiger partial charge < -0.3 is 9.72 Å². The third-order valence-electron chi connectivity index (χ3n) is 2.62. The molecule has 0 fully saturated rings. The van der Waals surface area contributed by atoms with Crippen LogP contribution >= 0.6 is 27.5 Å². The van der Waals surface area contributed by atoms with Gasteiger partial charge in [0.1, 0.15) is 0 Å². The molecule has 0 saturated heterocycles. The van der Waals surface area contributed by atoms with Crippen molar-refractivity contribution in [3.63, 3.8) is 0 Å². The Balaban J connectivity index is 2.35. The molecule has 1 aromatic carbocycles. The molecule has 0 amide bonds. The number of halogens is 2. The summed E-state index contributed by atoms with van der Waals surface area (Å²) in [6.07, 6.45) is 0.974. The Labute approximate surface area is 112 Å². The number of carbonyl (C=O) groups excluding carboxylic acids is 1. The molecular formula is C12H11BrClNO2. The Morgan fingerprint density at radius 3 is 3.00 bits per heavy atom. The summed E-state index contributed by atoms with van der Waals surface area (Å²) in [5, 5.41) is 1.72. The Bertz CT molecular complexity index is 565. The fourth-order valence-electron chi connectivity index (χ4n) is 1.76. The molecule has 0 saturated carbocycles. The lowest BCUT2D eigenvalue weighted by molar-refractivity contribution is -0.140. The van der Waals surface area contributed by atoms with Crippen molar-refractivity contribution in [2.24, 2.45) is 0 Å². The van der Waals surface area contributed by atoms with Gasteiger partial charge in [0.05, 0.1) is 11.7 Å². The van der Waals surface area contributed by atoms with Gasteiger partial charge in [0.25, 0.3) is 0 Å². The number of carbonyl (C=O) groups is 1. The number of aryl methyl sites for hydroxylation is 1. The molecule has 2 rings (SSSR count). The van der Waals surface area contributed by atoms with E-state index in [0.717, 1.165) is 21.1 Å². The first-order valence-corrected chi connectivity index (χ1v) is 6.31. The maximum absolute atomic E-state index is 11.1. The van der Waals surface area contributed by atoms with Gasteiger partial charge in [-0.05, 0) is 46.1 Å². The van der Waals surface area contributed by atoms with Crippen LogP contribution in [-0.4, -0.2) is 18.1 Å². The first-order chi connectivity index (χ1) is 8.11. The number of esters is 1. The molecule has 0 spiro atoms. The van der Waals surface area contributed by atoms with E-state index in [9.17, 15) is 4.79 Å². The molecule has 0 bridgehead atoms. The van der Waals surface area contributed by atoms with Crippen LogP contribution in [0.3, 0.4) is 0 Å². The summed E-state index contributed by atoms with van der Waals surface area (Å²) in [4.78, 5) is 14.3. The lowest BCUT2D eigenvalue weighted by Gasteiger charge is -2.00. The molecule has 1 aromatic heterocycles. The van der Waals surface area contributed by atoms with Crippen LogP contribution in [-0.2, 0) is 16.0 Å². The minimum absolute atomic E-state index is 0.215. The number of aromatic amines is 1. The number of fused-ring (bicyclic) bond motifs is 1. The summed E-state index contributed by atoms with van der Waals surface area (Å²) in [5.74, 6) is -0.215. The van der Waals surface area contributed by atoms with Gasteiger partial charge in [-0.15, -0.1) is 0 Å². The molecule has 2 aromatic rings. The fourth-order valence-corrected chi connectivity index (χ4v) is 2.56. The number of nitrogens with one attached hydrogen (secondary N) is 1. The first kappa shape index (κ1) is 12.5. The maximum Gasteiger partial charge on any atom is 0.305 e. The second-order valence-corrected chi connectivity index (χ2v) is 4.91. The second kappa shape index (κ2) is 5.10. The summed E-state index contributed by atoms with van der Waals surface area (Å²) < 4.78 is 5.52. The average molecular weight is 317 g/mol. The zero-order chi connectivity index (χ0) is 12.4. The van der Waals surface area contributed by atoms with E-state index in [-0.39, 0.29) is 5.97 Å². The first-order valence-electron chi connectivity index (χ1n) is 5.14. The zero-order valence-electron chi connectivity index (χ0n) is 9.22. The highest BCUT2D eigenvalue weighted by atomic mass is 79.9. The third kappa shape index (κ3) is 2.64. The average Bonchev–Trinajstić information content (AvgIpc) is 2.61. The van der Waals surface area contributed by atoms with Gasteiger partial charge in [0.2, 0.25) is 0 Å². The van der Waals surface area contributed by atoms with E-state index in [1.807, 2.05) is 18.2 Å². The molecule has 0 unspecified atom stereocenters. The van der Waals surface area contributed by atoms with Crippen LogP contribution < -0.4 is 0 Å². The summed E-state index contributed by atoms with van der Waals surface area (Å²) in [5.41, 5.74) is 2.05. The van der Waals surface area contributed by atoms with Gasteiger partial charge in [-0.2, -0.15) is 0 Å². The van der Waals surface area contributed by atoms with Crippen molar-refractivity contribution < 1.29 is 9.53 Å². The largest absolute Gasteiger partial charge is 0.469 e. The van der Waals surface area contributed by atoms with Gasteiger partial charge >= 0.3 is 5.97 Å². The Kier molecular flexibility index (Phi) is 3.74. The molecule has 1 heterocycles. The Morgan fingerprint density at radius 2 is 2.29 bits per heavy atom. The molecule has 0 aliphatic rings. The van der Waals surface area contributed by atoms with E-state index in [1.165, 1.54) is 7.11 Å². The molecule has 17 heavy (non-hydrogen) atoms. The molecule has 0 radical (unpaired) electrons. The van der Waals surface area contributed by atoms with Crippen molar-refractivity contribution in [3.8, 4) is 0 Å². The highest BCUT2D eigenvalue weighted by molar-refractivity contribution is 9.10. The third-order valence-corrected chi connectivity index (χ3v) is 3.53. The van der Waals surface area contributed by atoms with Crippen LogP contribution in [0.5, 0.6) is 0 Å². The predicted octanol–water partition coefficient (Wildman–Crippen LogP) is 3.69. The molecule has 3 nitrogen and oxygen atoms in total. The fraction of sp³-hybridized carbons (Fsp3) is 0.250. The monoisotopic (exact) mass is 315 g/mol. The number of H-pyrrole nitrogens is 1. The maximum atomic E-state index is 11.1. The molecule has 0 aliphatic heterocycles. The lowest BCUT2D eigenvalue weighted by atomic mass is 10.1. The molecule has 0 atom stereocenters. The van der Waals surface area contributed by atoms with Gasteiger partial charge in [0, 0.05) is 22.3 Å². The number of aromatic nitrogens is 1. The number of methoxy groups -OCH3 is 1. The highest BCUT2D eigenvalue weighted by Gasteiger charge is 2.11. The van der Waals surface area contributed by atoms with Crippen molar-refractivity contribution in [1.82, 2.24) is 4.98 Å². The number of rotatable bonds is 3. The highest BCUT2D eigenvalue weighted by Crippen LogP contribution is 2.29. The number of hydrogen-bond donors (Lipinski definition) is 1. The minimum Gasteiger partial charge on any atom is -0.469 e. The zero-order valence-corrected chi connectivity index (χ0v) is 11.6. The van der Waals surface area contributed by atoms with Crippen LogP contribution in [0, 0.1) is 0 Å². The summed E-state index contributed by atoms with van der Waals surface area (Å²) in [6, 6.07) is 5.64. The smallest absolute Gasteiger partial charge is 0.305 e. The molecule has 90 valence electrons. The molecule has 0 aliphatic carbocycles. The van der Waals surface area contributed by atoms with Crippen molar-refractivity contribution in [3.05, 3.63) is 33.4 Å². The SMILES string of the molecule is COC(=O)CCc1c(Br)[nH]c2ccc(Cl)cc12. The topological polar surface area (TPSA) is 42.1 Å². The predicted molar refractivity (Wildman–Crippen MR) is 71.3 cm³/mol. The number of benzene rings is 1. The molecule has 5 heteroatoms. The number of ether oxygens (including phenoxy) is 1. The van der Waals surface area contributed by atoms with E-state index in [4.69, 9.17) is 11.6 Å². The van der Waals surface area contributed by atoms with Gasteiger partial charge in [-0.3, -0.25) is 4.79 Å². The lowest BCUT2D eigenvalue weighted by Crippen LogP contribution is -2.01. The summed E-state index contributed by atoms with van der Waals surface area (Å²) in [6.45, 7) is 0.